The molecule has 3 fully saturated rings. The molecule has 1 saturated heterocycles. The second-order valence-corrected chi connectivity index (χ2v) is 8.95. The number of carbonyl (C=O) groups excluding carboxylic acids is 2. The van der Waals surface area contributed by atoms with Gasteiger partial charge in [0.15, 0.2) is 0 Å². The zero-order valence-electron chi connectivity index (χ0n) is 14.8. The van der Waals surface area contributed by atoms with Crippen LogP contribution in [0.25, 0.3) is 0 Å². The number of nitrogens with one attached hydrogen (secondary N) is 1. The summed E-state index contributed by atoms with van der Waals surface area (Å²) in [4.78, 5) is 27.9. The molecule has 2 heterocycles. The molecular formula is C20H28N2O2S. The number of rotatable bonds is 5. The summed E-state index contributed by atoms with van der Waals surface area (Å²) >= 11 is 1.46. The Labute approximate surface area is 154 Å². The fourth-order valence-electron chi connectivity index (χ4n) is 5.22. The van der Waals surface area contributed by atoms with Gasteiger partial charge in [0.1, 0.15) is 6.04 Å². The summed E-state index contributed by atoms with van der Waals surface area (Å²) in [5.74, 6) is 2.75. The van der Waals surface area contributed by atoms with Gasteiger partial charge in [0.2, 0.25) is 5.91 Å². The minimum Gasteiger partial charge on any atom is -0.354 e. The molecule has 3 aliphatic rings. The van der Waals surface area contributed by atoms with Crippen LogP contribution in [0.2, 0.25) is 0 Å². The van der Waals surface area contributed by atoms with Gasteiger partial charge in [-0.3, -0.25) is 9.59 Å². The summed E-state index contributed by atoms with van der Waals surface area (Å²) in [6, 6.07) is 3.46. The lowest BCUT2D eigenvalue weighted by Crippen LogP contribution is -2.52. The average Bonchev–Trinajstić information content (AvgIpc) is 3.39. The largest absolute Gasteiger partial charge is 0.354 e. The van der Waals surface area contributed by atoms with Crippen molar-refractivity contribution in [1.82, 2.24) is 10.2 Å². The zero-order chi connectivity index (χ0) is 17.2. The van der Waals surface area contributed by atoms with Crippen molar-refractivity contribution in [3.63, 3.8) is 0 Å². The Morgan fingerprint density at radius 3 is 2.84 bits per heavy atom. The maximum atomic E-state index is 12.7. The van der Waals surface area contributed by atoms with E-state index in [0.29, 0.717) is 6.54 Å². The third-order valence-electron chi connectivity index (χ3n) is 6.50. The lowest BCUT2D eigenvalue weighted by molar-refractivity contribution is -0.126. The summed E-state index contributed by atoms with van der Waals surface area (Å²) in [6.07, 6.45) is 9.53. The summed E-state index contributed by atoms with van der Waals surface area (Å²) in [7, 11) is 0. The van der Waals surface area contributed by atoms with Gasteiger partial charge < -0.3 is 10.2 Å². The van der Waals surface area contributed by atoms with E-state index in [0.717, 1.165) is 54.9 Å². The minimum atomic E-state index is -0.289. The number of amides is 2. The normalized spacial score (nSPS) is 31.3. The van der Waals surface area contributed by atoms with E-state index in [2.05, 4.69) is 5.32 Å². The molecule has 4 nitrogen and oxygen atoms in total. The van der Waals surface area contributed by atoms with Crippen LogP contribution in [0.1, 0.15) is 61.0 Å². The fraction of sp³-hybridized carbons (Fsp3) is 0.700. The van der Waals surface area contributed by atoms with Gasteiger partial charge in [0.05, 0.1) is 4.88 Å². The van der Waals surface area contributed by atoms with E-state index < -0.39 is 0 Å². The maximum Gasteiger partial charge on any atom is 0.264 e. The molecular weight excluding hydrogens is 332 g/mol. The molecule has 1 aromatic rings. The molecule has 4 unspecified atom stereocenters. The van der Waals surface area contributed by atoms with Gasteiger partial charge in [-0.25, -0.2) is 0 Å². The van der Waals surface area contributed by atoms with Gasteiger partial charge >= 0.3 is 0 Å². The van der Waals surface area contributed by atoms with E-state index >= 15 is 0 Å². The molecule has 25 heavy (non-hydrogen) atoms. The van der Waals surface area contributed by atoms with Crippen molar-refractivity contribution in [2.24, 2.45) is 17.8 Å². The van der Waals surface area contributed by atoms with E-state index in [1.54, 1.807) is 4.90 Å². The van der Waals surface area contributed by atoms with Crippen molar-refractivity contribution >= 4 is 23.2 Å². The number of thiophene rings is 1. The molecule has 0 aromatic carbocycles. The Morgan fingerprint density at radius 1 is 1.20 bits per heavy atom. The SMILES string of the molecule is O=C(NCCC1CC2CCC1C2)C1CCCCN1C(=O)c1cccs1. The van der Waals surface area contributed by atoms with Gasteiger partial charge in [-0.15, -0.1) is 11.3 Å². The quantitative estimate of drug-likeness (QED) is 0.871. The molecule has 2 amide bonds. The van der Waals surface area contributed by atoms with E-state index in [-0.39, 0.29) is 17.9 Å². The van der Waals surface area contributed by atoms with E-state index in [9.17, 15) is 9.59 Å². The highest BCUT2D eigenvalue weighted by molar-refractivity contribution is 7.12. The van der Waals surface area contributed by atoms with Crippen molar-refractivity contribution < 1.29 is 9.59 Å². The number of nitrogens with zero attached hydrogens (tertiary/aromatic N) is 1. The van der Waals surface area contributed by atoms with Crippen molar-refractivity contribution in [3.8, 4) is 0 Å². The molecule has 1 aliphatic heterocycles. The molecule has 2 aliphatic carbocycles. The summed E-state index contributed by atoms with van der Waals surface area (Å²) in [5.41, 5.74) is 0. The molecule has 1 aromatic heterocycles. The Balaban J connectivity index is 1.30. The first-order chi connectivity index (χ1) is 12.2. The summed E-state index contributed by atoms with van der Waals surface area (Å²) in [6.45, 7) is 1.46. The molecule has 4 atom stereocenters. The molecule has 1 N–H and O–H groups in total. The monoisotopic (exact) mass is 360 g/mol. The highest BCUT2D eigenvalue weighted by Gasteiger charge is 2.39. The first-order valence-corrected chi connectivity index (χ1v) is 10.7. The van der Waals surface area contributed by atoms with Crippen LogP contribution in [0, 0.1) is 17.8 Å². The Morgan fingerprint density at radius 2 is 2.12 bits per heavy atom. The van der Waals surface area contributed by atoms with Crippen molar-refractivity contribution in [2.45, 2.75) is 57.4 Å². The number of carbonyl (C=O) groups is 2. The summed E-state index contributed by atoms with van der Waals surface area (Å²) < 4.78 is 0. The van der Waals surface area contributed by atoms with E-state index in [1.807, 2.05) is 17.5 Å². The molecule has 136 valence electrons. The number of fused-ring (bicyclic) bond motifs is 2. The van der Waals surface area contributed by atoms with Crippen LogP contribution in [0.5, 0.6) is 0 Å². The molecule has 2 saturated carbocycles. The number of piperidine rings is 1. The topological polar surface area (TPSA) is 49.4 Å². The second-order valence-electron chi connectivity index (χ2n) is 8.00. The predicted molar refractivity (Wildman–Crippen MR) is 99.6 cm³/mol. The van der Waals surface area contributed by atoms with Crippen LogP contribution in [0.4, 0.5) is 0 Å². The molecule has 2 bridgehead atoms. The van der Waals surface area contributed by atoms with E-state index in [4.69, 9.17) is 0 Å². The Bertz CT molecular complexity index is 615. The predicted octanol–water partition coefficient (Wildman–Crippen LogP) is 3.69. The Hall–Kier alpha value is -1.36. The first kappa shape index (κ1) is 17.1. The van der Waals surface area contributed by atoms with Crippen LogP contribution in [0.15, 0.2) is 17.5 Å². The summed E-state index contributed by atoms with van der Waals surface area (Å²) in [5, 5.41) is 5.06. The molecule has 0 spiro atoms. The van der Waals surface area contributed by atoms with Crippen LogP contribution in [0.3, 0.4) is 0 Å². The number of hydrogen-bond acceptors (Lipinski definition) is 3. The third-order valence-corrected chi connectivity index (χ3v) is 7.36. The lowest BCUT2D eigenvalue weighted by atomic mass is 9.86. The van der Waals surface area contributed by atoms with Gasteiger partial charge in [0, 0.05) is 13.1 Å². The average molecular weight is 361 g/mol. The smallest absolute Gasteiger partial charge is 0.264 e. The third kappa shape index (κ3) is 3.62. The van der Waals surface area contributed by atoms with Crippen LogP contribution < -0.4 is 5.32 Å². The van der Waals surface area contributed by atoms with E-state index in [1.165, 1.54) is 37.0 Å². The van der Waals surface area contributed by atoms with Crippen molar-refractivity contribution in [3.05, 3.63) is 22.4 Å². The van der Waals surface area contributed by atoms with Crippen LogP contribution in [-0.2, 0) is 4.79 Å². The Kier molecular flexibility index (Phi) is 5.11. The van der Waals surface area contributed by atoms with Gasteiger partial charge in [-0.1, -0.05) is 12.5 Å². The zero-order valence-corrected chi connectivity index (χ0v) is 15.6. The highest BCUT2D eigenvalue weighted by atomic mass is 32.1. The number of hydrogen-bond donors (Lipinski definition) is 1. The standard InChI is InChI=1S/C20H28N2O2S/c23-19(21-9-8-16-13-14-6-7-15(16)12-14)17-4-1-2-10-22(17)20(24)18-5-3-11-25-18/h3,5,11,14-17H,1-2,4,6-10,12-13H2,(H,21,23). The van der Waals surface area contributed by atoms with Crippen molar-refractivity contribution in [1.29, 1.82) is 0 Å². The van der Waals surface area contributed by atoms with Crippen LogP contribution >= 0.6 is 11.3 Å². The maximum absolute atomic E-state index is 12.7. The minimum absolute atomic E-state index is 0.0166. The lowest BCUT2D eigenvalue weighted by Gasteiger charge is -2.34. The molecule has 5 heteroatoms. The van der Waals surface area contributed by atoms with Crippen molar-refractivity contribution in [2.75, 3.05) is 13.1 Å². The van der Waals surface area contributed by atoms with Gasteiger partial charge in [0.25, 0.3) is 5.91 Å². The molecule has 0 radical (unpaired) electrons. The van der Waals surface area contributed by atoms with Gasteiger partial charge in [-0.2, -0.15) is 0 Å². The van der Waals surface area contributed by atoms with Crippen LogP contribution in [-0.4, -0.2) is 35.8 Å². The van der Waals surface area contributed by atoms with Gasteiger partial charge in [-0.05, 0) is 74.1 Å². The number of likely N-dealkylation sites (tertiary alicyclic amines) is 1. The molecule has 4 rings (SSSR count). The highest BCUT2D eigenvalue weighted by Crippen LogP contribution is 2.49. The first-order valence-electron chi connectivity index (χ1n) is 9.84. The second kappa shape index (κ2) is 7.48. The fourth-order valence-corrected chi connectivity index (χ4v) is 5.90.